The number of carbonyl (C=O) groups is 1. The van der Waals surface area contributed by atoms with Gasteiger partial charge in [0.15, 0.2) is 9.84 Å². The molecule has 0 aromatic heterocycles. The van der Waals surface area contributed by atoms with Crippen LogP contribution in [0.4, 0.5) is 0 Å². The quantitative estimate of drug-likeness (QED) is 0.646. The molecule has 0 fully saturated rings. The standard InChI is InChI=1S/C9H20N2O3S/c1-4-7-15(13,14)8-9(12)11(3)6-5-10-2/h10H,4-8H2,1-3H3. The van der Waals surface area contributed by atoms with Crippen molar-refractivity contribution in [2.24, 2.45) is 0 Å². The molecule has 6 heteroatoms. The van der Waals surface area contributed by atoms with E-state index in [0.29, 0.717) is 19.5 Å². The van der Waals surface area contributed by atoms with E-state index in [2.05, 4.69) is 5.32 Å². The van der Waals surface area contributed by atoms with Gasteiger partial charge in [-0.15, -0.1) is 0 Å². The summed E-state index contributed by atoms with van der Waals surface area (Å²) < 4.78 is 22.7. The number of rotatable bonds is 7. The Morgan fingerprint density at radius 2 is 2.00 bits per heavy atom. The minimum atomic E-state index is -3.21. The minimum Gasteiger partial charge on any atom is -0.344 e. The predicted molar refractivity (Wildman–Crippen MR) is 60.5 cm³/mol. The Kier molecular flexibility index (Phi) is 6.51. The van der Waals surface area contributed by atoms with Crippen LogP contribution in [0.5, 0.6) is 0 Å². The molecule has 0 aromatic rings. The van der Waals surface area contributed by atoms with E-state index in [1.165, 1.54) is 4.90 Å². The van der Waals surface area contributed by atoms with Gasteiger partial charge in [0.2, 0.25) is 5.91 Å². The van der Waals surface area contributed by atoms with Crippen LogP contribution in [0.1, 0.15) is 13.3 Å². The Hall–Kier alpha value is -0.620. The number of nitrogens with one attached hydrogen (secondary N) is 1. The molecular formula is C9H20N2O3S. The summed E-state index contributed by atoms with van der Waals surface area (Å²) in [5.74, 6) is -0.627. The number of sulfone groups is 1. The van der Waals surface area contributed by atoms with E-state index >= 15 is 0 Å². The van der Waals surface area contributed by atoms with Crippen LogP contribution in [0.3, 0.4) is 0 Å². The lowest BCUT2D eigenvalue weighted by Gasteiger charge is -2.16. The molecule has 90 valence electrons. The van der Waals surface area contributed by atoms with Gasteiger partial charge in [0.25, 0.3) is 0 Å². The predicted octanol–water partition coefficient (Wildman–Crippen LogP) is -0.511. The van der Waals surface area contributed by atoms with Crippen molar-refractivity contribution >= 4 is 15.7 Å². The zero-order chi connectivity index (χ0) is 11.9. The SMILES string of the molecule is CCCS(=O)(=O)CC(=O)N(C)CCNC. The van der Waals surface area contributed by atoms with E-state index in [-0.39, 0.29) is 17.4 Å². The number of hydrogen-bond donors (Lipinski definition) is 1. The lowest BCUT2D eigenvalue weighted by atomic mass is 10.5. The fourth-order valence-corrected chi connectivity index (χ4v) is 2.45. The number of carbonyl (C=O) groups excluding carboxylic acids is 1. The van der Waals surface area contributed by atoms with Gasteiger partial charge in [-0.2, -0.15) is 0 Å². The van der Waals surface area contributed by atoms with Gasteiger partial charge in [0, 0.05) is 20.1 Å². The molecule has 0 radical (unpaired) electrons. The molecular weight excluding hydrogens is 216 g/mol. The van der Waals surface area contributed by atoms with E-state index in [9.17, 15) is 13.2 Å². The van der Waals surface area contributed by atoms with Crippen LogP contribution in [0, 0.1) is 0 Å². The summed E-state index contributed by atoms with van der Waals surface area (Å²) in [7, 11) is 0.184. The van der Waals surface area contributed by atoms with Crippen molar-refractivity contribution in [1.29, 1.82) is 0 Å². The zero-order valence-electron chi connectivity index (χ0n) is 9.62. The largest absolute Gasteiger partial charge is 0.344 e. The van der Waals surface area contributed by atoms with Gasteiger partial charge in [0.1, 0.15) is 5.75 Å². The Labute approximate surface area is 91.8 Å². The lowest BCUT2D eigenvalue weighted by Crippen LogP contribution is -2.37. The maximum atomic E-state index is 11.5. The normalized spacial score (nSPS) is 11.4. The molecule has 0 aliphatic rings. The van der Waals surface area contributed by atoms with E-state index in [0.717, 1.165) is 0 Å². The lowest BCUT2D eigenvalue weighted by molar-refractivity contribution is -0.127. The maximum Gasteiger partial charge on any atom is 0.237 e. The summed E-state index contributed by atoms with van der Waals surface area (Å²) in [6.07, 6.45) is 0.551. The third-order valence-corrected chi connectivity index (χ3v) is 3.70. The van der Waals surface area contributed by atoms with Crippen molar-refractivity contribution in [1.82, 2.24) is 10.2 Å². The van der Waals surface area contributed by atoms with Crippen LogP contribution in [-0.2, 0) is 14.6 Å². The van der Waals surface area contributed by atoms with Crippen LogP contribution in [-0.4, -0.2) is 57.9 Å². The first-order valence-electron chi connectivity index (χ1n) is 5.02. The highest BCUT2D eigenvalue weighted by Crippen LogP contribution is 1.96. The maximum absolute atomic E-state index is 11.5. The third kappa shape index (κ3) is 6.46. The molecule has 0 aliphatic heterocycles. The first-order valence-corrected chi connectivity index (χ1v) is 6.84. The molecule has 0 atom stereocenters. The Balaban J connectivity index is 4.12. The molecule has 1 amide bonds. The molecule has 0 heterocycles. The summed E-state index contributed by atoms with van der Waals surface area (Å²) in [4.78, 5) is 12.9. The van der Waals surface area contributed by atoms with E-state index in [1.54, 1.807) is 21.0 Å². The van der Waals surface area contributed by atoms with Crippen LogP contribution in [0.2, 0.25) is 0 Å². The summed E-state index contributed by atoms with van der Waals surface area (Å²) in [6, 6.07) is 0. The fraction of sp³-hybridized carbons (Fsp3) is 0.889. The monoisotopic (exact) mass is 236 g/mol. The Morgan fingerprint density at radius 3 is 2.47 bits per heavy atom. The van der Waals surface area contributed by atoms with Gasteiger partial charge in [-0.05, 0) is 13.5 Å². The molecule has 0 aromatic carbocycles. The first-order chi connectivity index (χ1) is 6.93. The van der Waals surface area contributed by atoms with Gasteiger partial charge in [0.05, 0.1) is 5.75 Å². The second-order valence-corrected chi connectivity index (χ2v) is 5.69. The summed E-state index contributed by atoms with van der Waals surface area (Å²) in [5, 5.41) is 2.90. The van der Waals surface area contributed by atoms with Gasteiger partial charge < -0.3 is 10.2 Å². The second kappa shape index (κ2) is 6.79. The molecule has 1 N–H and O–H groups in total. The third-order valence-electron chi connectivity index (χ3n) is 1.98. The zero-order valence-corrected chi connectivity index (χ0v) is 10.4. The Bertz CT molecular complexity index is 288. The van der Waals surface area contributed by atoms with Crippen LogP contribution >= 0.6 is 0 Å². The molecule has 0 bridgehead atoms. The molecule has 5 nitrogen and oxygen atoms in total. The second-order valence-electron chi connectivity index (χ2n) is 3.51. The number of likely N-dealkylation sites (N-methyl/N-ethyl adjacent to an activating group) is 2. The molecule has 0 saturated heterocycles. The van der Waals surface area contributed by atoms with E-state index in [1.807, 2.05) is 0 Å². The van der Waals surface area contributed by atoms with Crippen LogP contribution in [0.15, 0.2) is 0 Å². The summed E-state index contributed by atoms with van der Waals surface area (Å²) in [6.45, 7) is 2.97. The average molecular weight is 236 g/mol. The topological polar surface area (TPSA) is 66.5 Å². The van der Waals surface area contributed by atoms with Crippen LogP contribution < -0.4 is 5.32 Å². The van der Waals surface area contributed by atoms with Gasteiger partial charge in [-0.3, -0.25) is 4.79 Å². The molecule has 15 heavy (non-hydrogen) atoms. The van der Waals surface area contributed by atoms with Crippen molar-refractivity contribution in [3.8, 4) is 0 Å². The van der Waals surface area contributed by atoms with Crippen LogP contribution in [0.25, 0.3) is 0 Å². The number of hydrogen-bond acceptors (Lipinski definition) is 4. The molecule has 0 saturated carbocycles. The molecule has 0 aliphatic carbocycles. The highest BCUT2D eigenvalue weighted by Gasteiger charge is 2.18. The smallest absolute Gasteiger partial charge is 0.237 e. The number of nitrogens with zero attached hydrogens (tertiary/aromatic N) is 1. The van der Waals surface area contributed by atoms with Gasteiger partial charge >= 0.3 is 0 Å². The van der Waals surface area contributed by atoms with Crippen molar-refractivity contribution in [2.45, 2.75) is 13.3 Å². The average Bonchev–Trinajstić information content (AvgIpc) is 2.13. The Morgan fingerprint density at radius 1 is 1.40 bits per heavy atom. The summed E-state index contributed by atoms with van der Waals surface area (Å²) in [5.41, 5.74) is 0. The van der Waals surface area contributed by atoms with Crippen molar-refractivity contribution in [2.75, 3.05) is 38.7 Å². The molecule has 0 unspecified atom stereocenters. The first kappa shape index (κ1) is 14.4. The van der Waals surface area contributed by atoms with Crippen molar-refractivity contribution in [3.05, 3.63) is 0 Å². The fourth-order valence-electron chi connectivity index (χ4n) is 1.09. The number of amides is 1. The minimum absolute atomic E-state index is 0.0820. The van der Waals surface area contributed by atoms with Gasteiger partial charge in [-0.25, -0.2) is 8.42 Å². The highest BCUT2D eigenvalue weighted by atomic mass is 32.2. The van der Waals surface area contributed by atoms with Crippen molar-refractivity contribution in [3.63, 3.8) is 0 Å². The van der Waals surface area contributed by atoms with E-state index in [4.69, 9.17) is 0 Å². The molecule has 0 spiro atoms. The van der Waals surface area contributed by atoms with E-state index < -0.39 is 9.84 Å². The molecule has 0 rings (SSSR count). The van der Waals surface area contributed by atoms with Gasteiger partial charge in [-0.1, -0.05) is 6.92 Å². The van der Waals surface area contributed by atoms with Crippen molar-refractivity contribution < 1.29 is 13.2 Å². The highest BCUT2D eigenvalue weighted by molar-refractivity contribution is 7.92. The summed E-state index contributed by atoms with van der Waals surface area (Å²) >= 11 is 0.